The molecule has 0 aliphatic carbocycles. The van der Waals surface area contributed by atoms with Gasteiger partial charge in [-0.05, 0) is 32.1 Å². The summed E-state index contributed by atoms with van der Waals surface area (Å²) in [4.78, 5) is 22.4. The highest BCUT2D eigenvalue weighted by atomic mass is 16.6. The van der Waals surface area contributed by atoms with E-state index in [9.17, 15) is 9.59 Å². The number of hydrogen-bond donors (Lipinski definition) is 1. The fourth-order valence-corrected chi connectivity index (χ4v) is 2.57. The summed E-state index contributed by atoms with van der Waals surface area (Å²) in [6, 6.07) is 0. The Morgan fingerprint density at radius 2 is 1.50 bits per heavy atom. The van der Waals surface area contributed by atoms with Crippen LogP contribution in [0.5, 0.6) is 0 Å². The average molecular weight is 371 g/mol. The first-order valence-corrected chi connectivity index (χ1v) is 10.2. The van der Waals surface area contributed by atoms with Crippen molar-refractivity contribution in [1.82, 2.24) is 0 Å². The molecule has 0 saturated heterocycles. The molecule has 0 bridgehead atoms. The molecule has 5 heteroatoms. The molecule has 0 aromatic heterocycles. The largest absolute Gasteiger partial charge is 0.462 e. The number of allylic oxidation sites excluding steroid dienone is 2. The van der Waals surface area contributed by atoms with Crippen LogP contribution in [0, 0.1) is 0 Å². The second kappa shape index (κ2) is 18.4. The second-order valence-electron chi connectivity index (χ2n) is 6.72. The predicted octanol–water partition coefficient (Wildman–Crippen LogP) is 4.71. The van der Waals surface area contributed by atoms with Gasteiger partial charge in [-0.1, -0.05) is 57.6 Å². The van der Waals surface area contributed by atoms with Crippen molar-refractivity contribution in [1.29, 1.82) is 0 Å². The van der Waals surface area contributed by atoms with Crippen LogP contribution in [0.15, 0.2) is 12.2 Å². The zero-order chi connectivity index (χ0) is 19.5. The number of carbonyl (C=O) groups excluding carboxylic acids is 2. The van der Waals surface area contributed by atoms with E-state index >= 15 is 0 Å². The quantitative estimate of drug-likeness (QED) is 0.228. The first kappa shape index (κ1) is 24.6. The van der Waals surface area contributed by atoms with Crippen LogP contribution in [0.4, 0.5) is 0 Å². The van der Waals surface area contributed by atoms with E-state index in [4.69, 9.17) is 14.6 Å². The maximum absolute atomic E-state index is 11.7. The number of aliphatic hydroxyl groups excluding tert-OH is 1. The highest BCUT2D eigenvalue weighted by molar-refractivity contribution is 5.69. The minimum atomic E-state index is -0.764. The Kier molecular flexibility index (Phi) is 17.5. The third kappa shape index (κ3) is 17.5. The number of hydrogen-bond acceptors (Lipinski definition) is 5. The first-order valence-electron chi connectivity index (χ1n) is 10.2. The molecular weight excluding hydrogens is 332 g/mol. The summed E-state index contributed by atoms with van der Waals surface area (Å²) in [5.74, 6) is -0.798. The van der Waals surface area contributed by atoms with Gasteiger partial charge in [-0.3, -0.25) is 9.59 Å². The summed E-state index contributed by atoms with van der Waals surface area (Å²) in [6.07, 6.45) is 17.1. The minimum Gasteiger partial charge on any atom is -0.462 e. The van der Waals surface area contributed by atoms with Crippen LogP contribution in [-0.4, -0.2) is 36.4 Å². The molecule has 152 valence electrons. The predicted molar refractivity (Wildman–Crippen MR) is 104 cm³/mol. The third-order valence-electron chi connectivity index (χ3n) is 4.12. The lowest BCUT2D eigenvalue weighted by molar-refractivity contribution is -0.160. The van der Waals surface area contributed by atoms with Crippen LogP contribution in [0.3, 0.4) is 0 Å². The zero-order valence-electron chi connectivity index (χ0n) is 16.7. The molecule has 0 heterocycles. The second-order valence-corrected chi connectivity index (χ2v) is 6.72. The molecule has 1 unspecified atom stereocenters. The van der Waals surface area contributed by atoms with Crippen LogP contribution in [0.1, 0.15) is 90.9 Å². The van der Waals surface area contributed by atoms with Crippen molar-refractivity contribution >= 4 is 11.9 Å². The summed E-state index contributed by atoms with van der Waals surface area (Å²) in [5.41, 5.74) is 0. The van der Waals surface area contributed by atoms with Gasteiger partial charge in [-0.15, -0.1) is 0 Å². The molecule has 26 heavy (non-hydrogen) atoms. The van der Waals surface area contributed by atoms with E-state index in [1.165, 1.54) is 51.9 Å². The van der Waals surface area contributed by atoms with Crippen LogP contribution >= 0.6 is 0 Å². The number of carbonyl (C=O) groups is 2. The molecule has 0 saturated carbocycles. The summed E-state index contributed by atoms with van der Waals surface area (Å²) in [7, 11) is 0. The molecule has 0 rings (SSSR count). The molecule has 0 amide bonds. The Labute approximate surface area is 159 Å². The number of rotatable bonds is 17. The fraction of sp³-hybridized carbons (Fsp3) is 0.810. The van der Waals surface area contributed by atoms with Gasteiger partial charge in [0.2, 0.25) is 0 Å². The van der Waals surface area contributed by atoms with Crippen molar-refractivity contribution < 1.29 is 24.2 Å². The van der Waals surface area contributed by atoms with E-state index in [0.717, 1.165) is 25.7 Å². The van der Waals surface area contributed by atoms with Gasteiger partial charge >= 0.3 is 11.9 Å². The van der Waals surface area contributed by atoms with E-state index < -0.39 is 12.1 Å². The lowest BCUT2D eigenvalue weighted by Gasteiger charge is -2.15. The molecule has 0 aliphatic rings. The van der Waals surface area contributed by atoms with Crippen molar-refractivity contribution in [3.8, 4) is 0 Å². The number of unbranched alkanes of at least 4 members (excludes halogenated alkanes) is 9. The van der Waals surface area contributed by atoms with Crippen molar-refractivity contribution in [2.45, 2.75) is 97.0 Å². The molecule has 0 aliphatic heterocycles. The van der Waals surface area contributed by atoms with E-state index in [1.807, 2.05) is 0 Å². The molecule has 0 aromatic carbocycles. The Morgan fingerprint density at radius 3 is 2.08 bits per heavy atom. The highest BCUT2D eigenvalue weighted by Gasteiger charge is 2.14. The van der Waals surface area contributed by atoms with E-state index in [-0.39, 0.29) is 19.2 Å². The summed E-state index contributed by atoms with van der Waals surface area (Å²) in [6.45, 7) is 3.07. The third-order valence-corrected chi connectivity index (χ3v) is 4.12. The Balaban J connectivity index is 3.46. The smallest absolute Gasteiger partial charge is 0.306 e. The van der Waals surface area contributed by atoms with Gasteiger partial charge in [0.15, 0.2) is 6.10 Å². The van der Waals surface area contributed by atoms with E-state index in [0.29, 0.717) is 6.42 Å². The molecule has 0 radical (unpaired) electrons. The summed E-state index contributed by atoms with van der Waals surface area (Å²) in [5, 5.41) is 9.10. The maximum Gasteiger partial charge on any atom is 0.306 e. The topological polar surface area (TPSA) is 72.8 Å². The van der Waals surface area contributed by atoms with Crippen molar-refractivity contribution in [2.75, 3.05) is 13.2 Å². The van der Waals surface area contributed by atoms with Crippen molar-refractivity contribution in [2.24, 2.45) is 0 Å². The standard InChI is InChI=1S/C21H38O5/c1-3-4-5-6-7-8-9-10-11-12-13-14-15-16-21(24)26-20(17-22)18-25-19(2)23/h8-9,20,22H,3-7,10-18H2,1-2H3/b9-8-. The normalized spacial score (nSPS) is 12.3. The monoisotopic (exact) mass is 370 g/mol. The Morgan fingerprint density at radius 1 is 0.923 bits per heavy atom. The van der Waals surface area contributed by atoms with Gasteiger partial charge in [0.1, 0.15) is 6.61 Å². The molecule has 1 atom stereocenters. The zero-order valence-corrected chi connectivity index (χ0v) is 16.7. The average Bonchev–Trinajstić information content (AvgIpc) is 2.62. The van der Waals surface area contributed by atoms with Crippen LogP contribution in [0.2, 0.25) is 0 Å². The van der Waals surface area contributed by atoms with Gasteiger partial charge in [0.25, 0.3) is 0 Å². The van der Waals surface area contributed by atoms with Crippen molar-refractivity contribution in [3.05, 3.63) is 12.2 Å². The van der Waals surface area contributed by atoms with Crippen LogP contribution in [-0.2, 0) is 19.1 Å². The van der Waals surface area contributed by atoms with Gasteiger partial charge in [-0.25, -0.2) is 0 Å². The minimum absolute atomic E-state index is 0.0936. The van der Waals surface area contributed by atoms with Gasteiger partial charge in [0.05, 0.1) is 6.61 Å². The van der Waals surface area contributed by atoms with Crippen LogP contribution in [0.25, 0.3) is 0 Å². The van der Waals surface area contributed by atoms with Crippen LogP contribution < -0.4 is 0 Å². The Bertz CT molecular complexity index is 379. The fourth-order valence-electron chi connectivity index (χ4n) is 2.57. The molecule has 0 spiro atoms. The Hall–Kier alpha value is -1.36. The van der Waals surface area contributed by atoms with E-state index in [2.05, 4.69) is 19.1 Å². The molecular formula is C21H38O5. The van der Waals surface area contributed by atoms with Gasteiger partial charge < -0.3 is 14.6 Å². The molecule has 0 fully saturated rings. The lowest BCUT2D eigenvalue weighted by atomic mass is 10.1. The summed E-state index contributed by atoms with van der Waals surface area (Å²) < 4.78 is 9.82. The maximum atomic E-state index is 11.7. The van der Waals surface area contributed by atoms with E-state index in [1.54, 1.807) is 0 Å². The SMILES string of the molecule is CCCCCC/C=C\CCCCCCCC(=O)OC(CO)COC(C)=O. The van der Waals surface area contributed by atoms with Gasteiger partial charge in [0, 0.05) is 13.3 Å². The summed E-state index contributed by atoms with van der Waals surface area (Å²) >= 11 is 0. The van der Waals surface area contributed by atoms with Gasteiger partial charge in [-0.2, -0.15) is 0 Å². The number of ether oxygens (including phenoxy) is 2. The first-order chi connectivity index (χ1) is 12.6. The molecule has 0 aromatic rings. The number of esters is 2. The van der Waals surface area contributed by atoms with Crippen molar-refractivity contribution in [3.63, 3.8) is 0 Å². The molecule has 1 N–H and O–H groups in total. The lowest BCUT2D eigenvalue weighted by Crippen LogP contribution is -2.28. The highest BCUT2D eigenvalue weighted by Crippen LogP contribution is 2.10. The number of aliphatic hydroxyl groups is 1. The molecule has 5 nitrogen and oxygen atoms in total.